The summed E-state index contributed by atoms with van der Waals surface area (Å²) in [5.74, 6) is 0.462. The SMILES string of the molecule is CC[C@H](Oc1cccc(C)c1)C(=O)Nc1ccc(OC)c(S(=O)(=O)N2CCOCC2)c1. The highest BCUT2D eigenvalue weighted by Gasteiger charge is 2.30. The lowest BCUT2D eigenvalue weighted by atomic mass is 10.2. The van der Waals surface area contributed by atoms with Gasteiger partial charge in [-0.3, -0.25) is 4.79 Å². The largest absolute Gasteiger partial charge is 0.495 e. The Labute approximate surface area is 183 Å². The van der Waals surface area contributed by atoms with Gasteiger partial charge in [0.2, 0.25) is 10.0 Å². The van der Waals surface area contributed by atoms with Crippen LogP contribution in [0.1, 0.15) is 18.9 Å². The van der Waals surface area contributed by atoms with Crippen LogP contribution in [0.4, 0.5) is 5.69 Å². The molecule has 2 aromatic rings. The van der Waals surface area contributed by atoms with E-state index in [2.05, 4.69) is 5.32 Å². The predicted molar refractivity (Wildman–Crippen MR) is 117 cm³/mol. The molecule has 168 valence electrons. The first kappa shape index (κ1) is 23.1. The van der Waals surface area contributed by atoms with Gasteiger partial charge in [-0.2, -0.15) is 4.31 Å². The van der Waals surface area contributed by atoms with Crippen molar-refractivity contribution in [2.75, 3.05) is 38.7 Å². The standard InChI is InChI=1S/C22H28N2O6S/c1-4-19(30-18-7-5-6-16(2)14-18)22(25)23-17-8-9-20(28-3)21(15-17)31(26,27)24-10-12-29-13-11-24/h5-9,14-15,19H,4,10-13H2,1-3H3,(H,23,25)/t19-/m0/s1. The number of anilines is 1. The molecule has 1 aliphatic heterocycles. The number of rotatable bonds is 8. The summed E-state index contributed by atoms with van der Waals surface area (Å²) < 4.78 is 44.0. The Morgan fingerprint density at radius 1 is 1.19 bits per heavy atom. The van der Waals surface area contributed by atoms with E-state index in [1.807, 2.05) is 32.0 Å². The van der Waals surface area contributed by atoms with Gasteiger partial charge >= 0.3 is 0 Å². The van der Waals surface area contributed by atoms with E-state index < -0.39 is 16.1 Å². The second-order valence-corrected chi connectivity index (χ2v) is 9.11. The molecule has 1 atom stereocenters. The zero-order valence-electron chi connectivity index (χ0n) is 18.0. The molecular formula is C22H28N2O6S. The summed E-state index contributed by atoms with van der Waals surface area (Å²) >= 11 is 0. The van der Waals surface area contributed by atoms with Crippen LogP contribution in [0.2, 0.25) is 0 Å². The number of benzene rings is 2. The maximum Gasteiger partial charge on any atom is 0.265 e. The Balaban J connectivity index is 1.80. The zero-order valence-corrected chi connectivity index (χ0v) is 18.8. The van der Waals surface area contributed by atoms with Crippen molar-refractivity contribution in [1.29, 1.82) is 0 Å². The Hall–Kier alpha value is -2.62. The molecule has 1 fully saturated rings. The quantitative estimate of drug-likeness (QED) is 0.667. The number of amides is 1. The molecule has 2 aromatic carbocycles. The van der Waals surface area contributed by atoms with Gasteiger partial charge in [0.05, 0.1) is 20.3 Å². The summed E-state index contributed by atoms with van der Waals surface area (Å²) in [5.41, 5.74) is 1.38. The molecule has 1 heterocycles. The topological polar surface area (TPSA) is 94.2 Å². The number of carbonyl (C=O) groups excluding carboxylic acids is 1. The summed E-state index contributed by atoms with van der Waals surface area (Å²) in [6.07, 6.45) is -0.266. The van der Waals surface area contributed by atoms with E-state index in [0.717, 1.165) is 5.56 Å². The molecule has 1 saturated heterocycles. The predicted octanol–water partition coefficient (Wildman–Crippen LogP) is 2.82. The fourth-order valence-corrected chi connectivity index (χ4v) is 4.87. The number of ether oxygens (including phenoxy) is 3. The van der Waals surface area contributed by atoms with Crippen molar-refractivity contribution in [1.82, 2.24) is 4.31 Å². The van der Waals surface area contributed by atoms with Crippen LogP contribution >= 0.6 is 0 Å². The highest BCUT2D eigenvalue weighted by Crippen LogP contribution is 2.30. The molecule has 8 nitrogen and oxygen atoms in total. The van der Waals surface area contributed by atoms with Crippen molar-refractivity contribution in [3.63, 3.8) is 0 Å². The zero-order chi connectivity index (χ0) is 22.4. The van der Waals surface area contributed by atoms with Crippen molar-refractivity contribution >= 4 is 21.6 Å². The lowest BCUT2D eigenvalue weighted by molar-refractivity contribution is -0.122. The molecule has 1 N–H and O–H groups in total. The average Bonchev–Trinajstić information content (AvgIpc) is 2.78. The maximum absolute atomic E-state index is 13.1. The molecule has 0 unspecified atom stereocenters. The van der Waals surface area contributed by atoms with Gasteiger partial charge in [-0.1, -0.05) is 19.1 Å². The van der Waals surface area contributed by atoms with Gasteiger partial charge in [0.25, 0.3) is 5.91 Å². The number of aryl methyl sites for hydroxylation is 1. The molecular weight excluding hydrogens is 420 g/mol. The van der Waals surface area contributed by atoms with Crippen LogP contribution in [0.15, 0.2) is 47.4 Å². The monoisotopic (exact) mass is 448 g/mol. The third-order valence-electron chi connectivity index (χ3n) is 4.95. The van der Waals surface area contributed by atoms with Crippen molar-refractivity contribution in [2.45, 2.75) is 31.3 Å². The molecule has 0 saturated carbocycles. The van der Waals surface area contributed by atoms with Gasteiger partial charge in [0, 0.05) is 18.8 Å². The van der Waals surface area contributed by atoms with Crippen LogP contribution in [0.25, 0.3) is 0 Å². The lowest BCUT2D eigenvalue weighted by Crippen LogP contribution is -2.40. The van der Waals surface area contributed by atoms with E-state index in [9.17, 15) is 13.2 Å². The number of nitrogens with one attached hydrogen (secondary N) is 1. The molecule has 0 aliphatic carbocycles. The first-order valence-electron chi connectivity index (χ1n) is 10.1. The number of nitrogens with zero attached hydrogens (tertiary/aromatic N) is 1. The minimum Gasteiger partial charge on any atom is -0.495 e. The average molecular weight is 449 g/mol. The van der Waals surface area contributed by atoms with E-state index in [0.29, 0.717) is 31.1 Å². The Kier molecular flexibility index (Phi) is 7.53. The molecule has 0 spiro atoms. The minimum absolute atomic E-state index is 0.00218. The van der Waals surface area contributed by atoms with Crippen LogP contribution in [0, 0.1) is 6.92 Å². The second-order valence-electron chi connectivity index (χ2n) is 7.20. The van der Waals surface area contributed by atoms with Gasteiger partial charge < -0.3 is 19.5 Å². The van der Waals surface area contributed by atoms with E-state index in [4.69, 9.17) is 14.2 Å². The molecule has 1 aliphatic rings. The van der Waals surface area contributed by atoms with Gasteiger partial charge in [-0.25, -0.2) is 8.42 Å². The number of morpholine rings is 1. The fraction of sp³-hybridized carbons (Fsp3) is 0.409. The van der Waals surface area contributed by atoms with Gasteiger partial charge in [0.1, 0.15) is 16.4 Å². The first-order valence-corrected chi connectivity index (χ1v) is 11.6. The number of methoxy groups -OCH3 is 1. The third-order valence-corrected chi connectivity index (χ3v) is 6.87. The maximum atomic E-state index is 13.1. The van der Waals surface area contributed by atoms with E-state index in [1.165, 1.54) is 23.5 Å². The molecule has 3 rings (SSSR count). The number of hydrogen-bond acceptors (Lipinski definition) is 6. The number of sulfonamides is 1. The second kappa shape index (κ2) is 10.1. The Bertz CT molecular complexity index is 1020. The normalized spacial score (nSPS) is 15.8. The Morgan fingerprint density at radius 3 is 2.58 bits per heavy atom. The highest BCUT2D eigenvalue weighted by atomic mass is 32.2. The molecule has 31 heavy (non-hydrogen) atoms. The summed E-state index contributed by atoms with van der Waals surface area (Å²) in [5, 5.41) is 2.77. The molecule has 9 heteroatoms. The summed E-state index contributed by atoms with van der Waals surface area (Å²) in [7, 11) is -2.38. The summed E-state index contributed by atoms with van der Waals surface area (Å²) in [6.45, 7) is 5.01. The van der Waals surface area contributed by atoms with Crippen molar-refractivity contribution < 1.29 is 27.4 Å². The van der Waals surface area contributed by atoms with Crippen LogP contribution < -0.4 is 14.8 Å². The highest BCUT2D eigenvalue weighted by molar-refractivity contribution is 7.89. The number of hydrogen-bond donors (Lipinski definition) is 1. The number of carbonyl (C=O) groups is 1. The van der Waals surface area contributed by atoms with Gasteiger partial charge in [0.15, 0.2) is 6.10 Å². The minimum atomic E-state index is -3.80. The Morgan fingerprint density at radius 2 is 1.94 bits per heavy atom. The fourth-order valence-electron chi connectivity index (χ4n) is 3.28. The molecule has 0 radical (unpaired) electrons. The van der Waals surface area contributed by atoms with Gasteiger partial charge in [-0.15, -0.1) is 0 Å². The first-order chi connectivity index (χ1) is 14.8. The smallest absolute Gasteiger partial charge is 0.265 e. The van der Waals surface area contributed by atoms with Crippen LogP contribution in [-0.2, 0) is 19.6 Å². The van der Waals surface area contributed by atoms with Crippen LogP contribution in [-0.4, -0.2) is 58.1 Å². The third kappa shape index (κ3) is 5.55. The van der Waals surface area contributed by atoms with Crippen molar-refractivity contribution in [3.8, 4) is 11.5 Å². The molecule has 1 amide bonds. The lowest BCUT2D eigenvalue weighted by Gasteiger charge is -2.27. The van der Waals surface area contributed by atoms with E-state index in [-0.39, 0.29) is 29.6 Å². The van der Waals surface area contributed by atoms with Crippen LogP contribution in [0.5, 0.6) is 11.5 Å². The van der Waals surface area contributed by atoms with Gasteiger partial charge in [-0.05, 0) is 49.2 Å². The summed E-state index contributed by atoms with van der Waals surface area (Å²) in [6, 6.07) is 12.0. The van der Waals surface area contributed by atoms with E-state index >= 15 is 0 Å². The summed E-state index contributed by atoms with van der Waals surface area (Å²) in [4.78, 5) is 12.8. The van der Waals surface area contributed by atoms with E-state index in [1.54, 1.807) is 12.1 Å². The molecule has 0 aromatic heterocycles. The molecule has 0 bridgehead atoms. The van der Waals surface area contributed by atoms with Crippen molar-refractivity contribution in [2.24, 2.45) is 0 Å². The van der Waals surface area contributed by atoms with Crippen LogP contribution in [0.3, 0.4) is 0 Å². The van der Waals surface area contributed by atoms with Crippen molar-refractivity contribution in [3.05, 3.63) is 48.0 Å².